The molecule has 0 spiro atoms. The van der Waals surface area contributed by atoms with Crippen molar-refractivity contribution >= 4 is 11.5 Å². The number of anilines is 2. The first-order valence-electron chi connectivity index (χ1n) is 7.89. The number of allylic oxidation sites excluding steroid dienone is 3. The van der Waals surface area contributed by atoms with E-state index in [4.69, 9.17) is 0 Å². The molecule has 1 aliphatic rings. The average molecular weight is 318 g/mol. The molecule has 0 saturated heterocycles. The first-order valence-corrected chi connectivity index (χ1v) is 7.89. The second-order valence-electron chi connectivity index (χ2n) is 6.42. The van der Waals surface area contributed by atoms with Gasteiger partial charge in [0.2, 0.25) is 0 Å². The minimum absolute atomic E-state index is 0.322. The first kappa shape index (κ1) is 17.1. The lowest BCUT2D eigenvalue weighted by atomic mass is 10.1. The largest absolute Gasteiger partial charge is 0.349 e. The maximum atomic E-state index is 12.0. The predicted octanol–water partition coefficient (Wildman–Crippen LogP) is 1.98. The number of nitrogens with zero attached hydrogens (tertiary/aromatic N) is 3. The summed E-state index contributed by atoms with van der Waals surface area (Å²) < 4.78 is 1.51. The molecule has 6 heteroatoms. The van der Waals surface area contributed by atoms with Crippen molar-refractivity contribution in [1.82, 2.24) is 9.55 Å². The molecular weight excluding hydrogens is 292 g/mol. The fourth-order valence-corrected chi connectivity index (χ4v) is 2.80. The normalized spacial score (nSPS) is 14.2. The summed E-state index contributed by atoms with van der Waals surface area (Å²) in [5, 5.41) is 0. The Balaban J connectivity index is 2.18. The number of fused-ring (bicyclic) bond motifs is 1. The zero-order chi connectivity index (χ0) is 17.1. The van der Waals surface area contributed by atoms with E-state index in [0.29, 0.717) is 24.7 Å². The second-order valence-corrected chi connectivity index (χ2v) is 6.42. The highest BCUT2D eigenvalue weighted by Crippen LogP contribution is 2.29. The van der Waals surface area contributed by atoms with Crippen LogP contribution in [-0.4, -0.2) is 29.8 Å². The Hall–Kier alpha value is -2.24. The standard InChI is InChI=1S/C17H26N4O2/c1-12(2)7-6-8-13(3)9-10-21-11-19(4)14-15(22)18-17(23)20(5)16(14)21/h7,9H,6,8,10-11H2,1-5H3,(H,18,22,23)/b13-9+. The highest BCUT2D eigenvalue weighted by molar-refractivity contribution is 5.71. The van der Waals surface area contributed by atoms with Crippen LogP contribution in [0.15, 0.2) is 32.9 Å². The summed E-state index contributed by atoms with van der Waals surface area (Å²) in [5.41, 5.74) is 2.51. The third-order valence-corrected chi connectivity index (χ3v) is 4.09. The molecule has 23 heavy (non-hydrogen) atoms. The van der Waals surface area contributed by atoms with E-state index in [1.807, 2.05) is 11.9 Å². The fourth-order valence-electron chi connectivity index (χ4n) is 2.80. The smallest absolute Gasteiger partial charge is 0.329 e. The van der Waals surface area contributed by atoms with Crippen LogP contribution in [0.1, 0.15) is 33.6 Å². The van der Waals surface area contributed by atoms with Gasteiger partial charge in [-0.2, -0.15) is 0 Å². The minimum atomic E-state index is -0.377. The van der Waals surface area contributed by atoms with Crippen molar-refractivity contribution < 1.29 is 0 Å². The summed E-state index contributed by atoms with van der Waals surface area (Å²) in [4.78, 5) is 30.1. The van der Waals surface area contributed by atoms with Crippen LogP contribution in [0.2, 0.25) is 0 Å². The van der Waals surface area contributed by atoms with Gasteiger partial charge in [0.25, 0.3) is 5.56 Å². The molecule has 0 amide bonds. The Bertz CT molecular complexity index is 751. The molecule has 1 aliphatic heterocycles. The number of H-pyrrole nitrogens is 1. The van der Waals surface area contributed by atoms with Gasteiger partial charge in [-0.15, -0.1) is 0 Å². The van der Waals surface area contributed by atoms with Crippen LogP contribution >= 0.6 is 0 Å². The van der Waals surface area contributed by atoms with E-state index in [1.165, 1.54) is 15.7 Å². The highest BCUT2D eigenvalue weighted by Gasteiger charge is 2.28. The molecule has 0 bridgehead atoms. The molecule has 126 valence electrons. The Kier molecular flexibility index (Phi) is 5.13. The summed E-state index contributed by atoms with van der Waals surface area (Å²) in [6.45, 7) is 7.63. The van der Waals surface area contributed by atoms with Gasteiger partial charge in [0.15, 0.2) is 0 Å². The van der Waals surface area contributed by atoms with Crippen molar-refractivity contribution in [3.63, 3.8) is 0 Å². The van der Waals surface area contributed by atoms with E-state index in [1.54, 1.807) is 7.05 Å². The van der Waals surface area contributed by atoms with Crippen molar-refractivity contribution in [3.05, 3.63) is 44.1 Å². The van der Waals surface area contributed by atoms with Gasteiger partial charge in [0, 0.05) is 20.6 Å². The van der Waals surface area contributed by atoms with Gasteiger partial charge in [-0.3, -0.25) is 14.3 Å². The van der Waals surface area contributed by atoms with Gasteiger partial charge in [-0.05, 0) is 33.6 Å². The van der Waals surface area contributed by atoms with Crippen LogP contribution in [0, 0.1) is 0 Å². The Labute approximate surface area is 136 Å². The molecular formula is C17H26N4O2. The van der Waals surface area contributed by atoms with Gasteiger partial charge in [0.1, 0.15) is 11.5 Å². The zero-order valence-corrected chi connectivity index (χ0v) is 14.6. The lowest BCUT2D eigenvalue weighted by molar-refractivity contribution is 0.772. The van der Waals surface area contributed by atoms with Crippen molar-refractivity contribution in [3.8, 4) is 0 Å². The number of nitrogens with one attached hydrogen (secondary N) is 1. The number of aromatic nitrogens is 2. The molecule has 2 heterocycles. The van der Waals surface area contributed by atoms with Gasteiger partial charge in [-0.1, -0.05) is 23.3 Å². The molecule has 1 aromatic heterocycles. The van der Waals surface area contributed by atoms with Crippen LogP contribution in [0.25, 0.3) is 0 Å². The zero-order valence-electron chi connectivity index (χ0n) is 14.6. The maximum absolute atomic E-state index is 12.0. The summed E-state index contributed by atoms with van der Waals surface area (Å²) >= 11 is 0. The van der Waals surface area contributed by atoms with E-state index in [-0.39, 0.29) is 11.2 Å². The molecule has 0 radical (unpaired) electrons. The van der Waals surface area contributed by atoms with E-state index in [0.717, 1.165) is 12.8 Å². The molecule has 0 unspecified atom stereocenters. The number of hydrogen-bond donors (Lipinski definition) is 1. The molecule has 1 N–H and O–H groups in total. The Morgan fingerprint density at radius 3 is 2.52 bits per heavy atom. The Morgan fingerprint density at radius 2 is 1.87 bits per heavy atom. The van der Waals surface area contributed by atoms with E-state index < -0.39 is 0 Å². The monoisotopic (exact) mass is 318 g/mol. The van der Waals surface area contributed by atoms with Gasteiger partial charge in [0.05, 0.1) is 6.67 Å². The summed E-state index contributed by atoms with van der Waals surface area (Å²) in [6, 6.07) is 0. The van der Waals surface area contributed by atoms with Crippen LogP contribution in [0.5, 0.6) is 0 Å². The number of hydrogen-bond acceptors (Lipinski definition) is 4. The summed E-state index contributed by atoms with van der Waals surface area (Å²) in [5.74, 6) is 0.689. The molecule has 2 rings (SSSR count). The van der Waals surface area contributed by atoms with Crippen molar-refractivity contribution in [2.24, 2.45) is 7.05 Å². The third-order valence-electron chi connectivity index (χ3n) is 4.09. The van der Waals surface area contributed by atoms with Crippen LogP contribution in [0.3, 0.4) is 0 Å². The van der Waals surface area contributed by atoms with Gasteiger partial charge in [-0.25, -0.2) is 4.79 Å². The van der Waals surface area contributed by atoms with Crippen LogP contribution < -0.4 is 21.0 Å². The predicted molar refractivity (Wildman–Crippen MR) is 95.3 cm³/mol. The van der Waals surface area contributed by atoms with E-state index in [9.17, 15) is 9.59 Å². The molecule has 1 aromatic rings. The molecule has 0 saturated carbocycles. The fraction of sp³-hybridized carbons (Fsp3) is 0.529. The van der Waals surface area contributed by atoms with Gasteiger partial charge < -0.3 is 9.80 Å². The third kappa shape index (κ3) is 3.75. The van der Waals surface area contributed by atoms with Crippen molar-refractivity contribution in [2.75, 3.05) is 30.1 Å². The summed E-state index contributed by atoms with van der Waals surface area (Å²) in [7, 11) is 3.55. The van der Waals surface area contributed by atoms with Crippen molar-refractivity contribution in [2.45, 2.75) is 33.6 Å². The SMILES string of the molecule is CC(C)=CCC/C(C)=C/CN1CN(C)c2c1n(C)c(=O)[nH]c2=O. The first-order chi connectivity index (χ1) is 10.8. The molecule has 0 aromatic carbocycles. The molecule has 6 nitrogen and oxygen atoms in total. The second kappa shape index (κ2) is 6.89. The molecule has 0 atom stereocenters. The lowest BCUT2D eigenvalue weighted by Crippen LogP contribution is -2.32. The van der Waals surface area contributed by atoms with E-state index in [2.05, 4.69) is 42.8 Å². The maximum Gasteiger partial charge on any atom is 0.329 e. The Morgan fingerprint density at radius 1 is 1.17 bits per heavy atom. The van der Waals surface area contributed by atoms with Crippen LogP contribution in [-0.2, 0) is 7.05 Å². The van der Waals surface area contributed by atoms with Crippen molar-refractivity contribution in [1.29, 1.82) is 0 Å². The topological polar surface area (TPSA) is 61.3 Å². The van der Waals surface area contributed by atoms with Gasteiger partial charge >= 0.3 is 5.69 Å². The lowest BCUT2D eigenvalue weighted by Gasteiger charge is -2.19. The summed E-state index contributed by atoms with van der Waals surface area (Å²) in [6.07, 6.45) is 6.47. The minimum Gasteiger partial charge on any atom is -0.349 e. The highest BCUT2D eigenvalue weighted by atomic mass is 16.2. The molecule has 0 aliphatic carbocycles. The average Bonchev–Trinajstić information content (AvgIpc) is 2.79. The number of rotatable bonds is 5. The number of aromatic amines is 1. The molecule has 0 fully saturated rings. The quantitative estimate of drug-likeness (QED) is 0.843. The van der Waals surface area contributed by atoms with E-state index >= 15 is 0 Å². The van der Waals surface area contributed by atoms with Crippen LogP contribution in [0.4, 0.5) is 11.5 Å².